The van der Waals surface area contributed by atoms with E-state index >= 15 is 0 Å². The first-order valence-corrected chi connectivity index (χ1v) is 6.21. The first-order chi connectivity index (χ1) is 8.90. The third-order valence-electron chi connectivity index (χ3n) is 3.57. The van der Waals surface area contributed by atoms with Gasteiger partial charge in [0.25, 0.3) is 0 Å². The molecule has 0 saturated carbocycles. The predicted octanol–water partition coefficient (Wildman–Crippen LogP) is 5.14. The number of hydrogen-bond acceptors (Lipinski definition) is 0. The molecular weight excluding hydrogens is 272 g/mol. The fraction of sp³-hybridized carbons (Fsp3) is 0. The molecule has 0 fully saturated rings. The second-order valence-electron chi connectivity index (χ2n) is 4.75. The Morgan fingerprint density at radius 2 is 0.632 bits per heavy atom. The van der Waals surface area contributed by atoms with E-state index in [9.17, 15) is 0 Å². The van der Waals surface area contributed by atoms with Crippen molar-refractivity contribution in [2.75, 3.05) is 0 Å². The van der Waals surface area contributed by atoms with E-state index in [1.807, 2.05) is 0 Å². The Morgan fingerprint density at radius 3 is 0.895 bits per heavy atom. The van der Waals surface area contributed by atoms with Crippen LogP contribution >= 0.6 is 0 Å². The van der Waals surface area contributed by atoms with Crippen molar-refractivity contribution in [3.63, 3.8) is 0 Å². The molecule has 0 unspecified atom stereocenters. The van der Waals surface area contributed by atoms with Gasteiger partial charge in [0.15, 0.2) is 0 Å². The Kier molecular flexibility index (Phi) is 3.02. The van der Waals surface area contributed by atoms with E-state index in [0.717, 1.165) is 0 Å². The number of rotatable bonds is 0. The van der Waals surface area contributed by atoms with Crippen molar-refractivity contribution < 1.29 is 17.1 Å². The molecule has 0 saturated heterocycles. The van der Waals surface area contributed by atoms with Crippen molar-refractivity contribution >= 4 is 32.3 Å². The number of hydrogen-bond donors (Lipinski definition) is 0. The summed E-state index contributed by atoms with van der Waals surface area (Å²) >= 11 is 0. The van der Waals surface area contributed by atoms with Gasteiger partial charge in [0.05, 0.1) is 0 Å². The third kappa shape index (κ3) is 2.02. The first kappa shape index (κ1) is 12.2. The van der Waals surface area contributed by atoms with Crippen LogP contribution in [0.4, 0.5) is 0 Å². The van der Waals surface area contributed by atoms with Gasteiger partial charge in [-0.3, -0.25) is 0 Å². The average Bonchev–Trinajstić information content (AvgIpc) is 2.42. The molecule has 0 N–H and O–H groups in total. The summed E-state index contributed by atoms with van der Waals surface area (Å²) in [5.41, 5.74) is 0. The van der Waals surface area contributed by atoms with E-state index in [2.05, 4.69) is 72.8 Å². The van der Waals surface area contributed by atoms with Crippen LogP contribution in [0, 0.1) is 0 Å². The molecule has 0 amide bonds. The molecule has 4 aromatic rings. The minimum atomic E-state index is 0. The van der Waals surface area contributed by atoms with Crippen LogP contribution in [0.3, 0.4) is 0 Å². The summed E-state index contributed by atoms with van der Waals surface area (Å²) in [6.07, 6.45) is 0. The van der Waals surface area contributed by atoms with Crippen LogP contribution in [0.15, 0.2) is 72.8 Å². The molecule has 0 aliphatic heterocycles. The smallest absolute Gasteiger partial charge is 0 e. The molecule has 0 bridgehead atoms. The Bertz CT molecular complexity index is 734. The van der Waals surface area contributed by atoms with Crippen molar-refractivity contribution in [2.45, 2.75) is 0 Å². The monoisotopic (exact) mass is 284 g/mol. The van der Waals surface area contributed by atoms with Crippen LogP contribution in [0.25, 0.3) is 32.3 Å². The van der Waals surface area contributed by atoms with E-state index in [-0.39, 0.29) is 17.1 Å². The summed E-state index contributed by atoms with van der Waals surface area (Å²) in [5.74, 6) is 0. The van der Waals surface area contributed by atoms with Crippen molar-refractivity contribution in [1.82, 2.24) is 0 Å². The Morgan fingerprint density at radius 1 is 0.368 bits per heavy atom. The molecule has 0 spiro atoms. The molecule has 0 aliphatic carbocycles. The number of fused-ring (bicyclic) bond motifs is 3. The molecular formula is C18H12Fe. The van der Waals surface area contributed by atoms with Gasteiger partial charge in [-0.1, -0.05) is 48.5 Å². The standard InChI is InChI=1S/C18H12.Fe/c1-2-6-14-10-18-12-16-8-4-3-7-15(16)11-17(18)9-13(14)5-1;/h1-12H;. The molecule has 4 rings (SSSR count). The normalized spacial score (nSPS) is 10.7. The van der Waals surface area contributed by atoms with E-state index in [1.54, 1.807) is 0 Å². The largest absolute Gasteiger partial charge is 0.0616 e. The Labute approximate surface area is 122 Å². The molecule has 92 valence electrons. The van der Waals surface area contributed by atoms with Crippen LogP contribution < -0.4 is 0 Å². The predicted molar refractivity (Wildman–Crippen MR) is 79.0 cm³/mol. The fourth-order valence-corrected chi connectivity index (χ4v) is 2.63. The van der Waals surface area contributed by atoms with Crippen LogP contribution in [-0.4, -0.2) is 0 Å². The van der Waals surface area contributed by atoms with E-state index in [0.29, 0.717) is 0 Å². The van der Waals surface area contributed by atoms with Gasteiger partial charge in [0, 0.05) is 17.1 Å². The Balaban J connectivity index is 0.00000110. The molecule has 0 aromatic heterocycles. The fourth-order valence-electron chi connectivity index (χ4n) is 2.63. The summed E-state index contributed by atoms with van der Waals surface area (Å²) in [6, 6.07) is 26.2. The molecule has 0 heterocycles. The van der Waals surface area contributed by atoms with Crippen LogP contribution in [-0.2, 0) is 17.1 Å². The quantitative estimate of drug-likeness (QED) is 0.309. The van der Waals surface area contributed by atoms with Crippen molar-refractivity contribution in [3.8, 4) is 0 Å². The van der Waals surface area contributed by atoms with Gasteiger partial charge in [0.1, 0.15) is 0 Å². The topological polar surface area (TPSA) is 0 Å². The van der Waals surface area contributed by atoms with Gasteiger partial charge in [-0.2, -0.15) is 0 Å². The second-order valence-corrected chi connectivity index (χ2v) is 4.75. The van der Waals surface area contributed by atoms with Crippen LogP contribution in [0.5, 0.6) is 0 Å². The molecule has 19 heavy (non-hydrogen) atoms. The molecule has 0 nitrogen and oxygen atoms in total. The summed E-state index contributed by atoms with van der Waals surface area (Å²) < 4.78 is 0. The van der Waals surface area contributed by atoms with E-state index < -0.39 is 0 Å². The van der Waals surface area contributed by atoms with E-state index in [1.165, 1.54) is 32.3 Å². The van der Waals surface area contributed by atoms with Gasteiger partial charge in [-0.25, -0.2) is 0 Å². The molecule has 4 aromatic carbocycles. The minimum Gasteiger partial charge on any atom is -0.0616 e. The molecule has 0 atom stereocenters. The van der Waals surface area contributed by atoms with E-state index in [4.69, 9.17) is 0 Å². The molecule has 1 heteroatoms. The zero-order valence-electron chi connectivity index (χ0n) is 10.3. The maximum atomic E-state index is 2.27. The van der Waals surface area contributed by atoms with Gasteiger partial charge in [-0.15, -0.1) is 0 Å². The Hall–Kier alpha value is -1.82. The van der Waals surface area contributed by atoms with Crippen molar-refractivity contribution in [3.05, 3.63) is 72.8 Å². The van der Waals surface area contributed by atoms with Gasteiger partial charge >= 0.3 is 0 Å². The second kappa shape index (κ2) is 4.69. The van der Waals surface area contributed by atoms with Crippen molar-refractivity contribution in [1.29, 1.82) is 0 Å². The summed E-state index contributed by atoms with van der Waals surface area (Å²) in [7, 11) is 0. The SMILES string of the molecule is [Fe].c1ccc2cc3cc4ccccc4cc3cc2c1. The third-order valence-corrected chi connectivity index (χ3v) is 3.57. The van der Waals surface area contributed by atoms with Gasteiger partial charge in [0.2, 0.25) is 0 Å². The first-order valence-electron chi connectivity index (χ1n) is 6.21. The van der Waals surface area contributed by atoms with Crippen molar-refractivity contribution in [2.24, 2.45) is 0 Å². The summed E-state index contributed by atoms with van der Waals surface area (Å²) in [5, 5.41) is 7.85. The summed E-state index contributed by atoms with van der Waals surface area (Å²) in [6.45, 7) is 0. The van der Waals surface area contributed by atoms with Crippen LogP contribution in [0.2, 0.25) is 0 Å². The molecule has 0 radical (unpaired) electrons. The maximum absolute atomic E-state index is 2.27. The summed E-state index contributed by atoms with van der Waals surface area (Å²) in [4.78, 5) is 0. The number of benzene rings is 4. The average molecular weight is 284 g/mol. The zero-order chi connectivity index (χ0) is 11.9. The van der Waals surface area contributed by atoms with Gasteiger partial charge < -0.3 is 0 Å². The maximum Gasteiger partial charge on any atom is 0 e. The van der Waals surface area contributed by atoms with Gasteiger partial charge in [-0.05, 0) is 56.6 Å². The van der Waals surface area contributed by atoms with Crippen LogP contribution in [0.1, 0.15) is 0 Å². The molecule has 0 aliphatic rings. The minimum absolute atomic E-state index is 0. The zero-order valence-corrected chi connectivity index (χ0v) is 11.4.